The fraction of sp³-hybridized carbons (Fsp3) is 0.647. The maximum Gasteiger partial charge on any atom is 0.125 e. The number of rotatable bonds is 11. The van der Waals surface area contributed by atoms with Gasteiger partial charge < -0.3 is 19.5 Å². The average molecular weight is 295 g/mol. The van der Waals surface area contributed by atoms with Crippen molar-refractivity contribution in [3.05, 3.63) is 28.8 Å². The molecule has 0 spiro atoms. The number of methoxy groups -OCH3 is 1. The summed E-state index contributed by atoms with van der Waals surface area (Å²) in [5.74, 6) is 1.01. The zero-order valence-electron chi connectivity index (χ0n) is 13.8. The summed E-state index contributed by atoms with van der Waals surface area (Å²) in [5, 5.41) is 3.36. The maximum absolute atomic E-state index is 5.89. The van der Waals surface area contributed by atoms with E-state index in [1.54, 1.807) is 7.11 Å². The van der Waals surface area contributed by atoms with E-state index in [1.165, 1.54) is 16.7 Å². The van der Waals surface area contributed by atoms with Gasteiger partial charge in [-0.2, -0.15) is 0 Å². The number of ether oxygens (including phenoxy) is 3. The van der Waals surface area contributed by atoms with Gasteiger partial charge in [-0.3, -0.25) is 0 Å². The van der Waals surface area contributed by atoms with Crippen LogP contribution in [-0.2, 0) is 16.0 Å². The van der Waals surface area contributed by atoms with Crippen LogP contribution in [0, 0.1) is 13.8 Å². The molecule has 4 heteroatoms. The molecule has 0 amide bonds. The third kappa shape index (κ3) is 6.93. The summed E-state index contributed by atoms with van der Waals surface area (Å²) in [6, 6.07) is 4.37. The quantitative estimate of drug-likeness (QED) is 0.637. The maximum atomic E-state index is 5.89. The molecule has 0 aliphatic heterocycles. The van der Waals surface area contributed by atoms with Crippen molar-refractivity contribution in [3.8, 4) is 5.75 Å². The van der Waals surface area contributed by atoms with Crippen LogP contribution in [0.5, 0.6) is 5.75 Å². The van der Waals surface area contributed by atoms with Crippen molar-refractivity contribution in [1.82, 2.24) is 5.32 Å². The van der Waals surface area contributed by atoms with Gasteiger partial charge in [0.05, 0.1) is 13.2 Å². The number of nitrogens with one attached hydrogen (secondary N) is 1. The molecule has 120 valence electrons. The highest BCUT2D eigenvalue weighted by Crippen LogP contribution is 2.25. The Morgan fingerprint density at radius 1 is 1.05 bits per heavy atom. The Morgan fingerprint density at radius 3 is 2.38 bits per heavy atom. The average Bonchev–Trinajstić information content (AvgIpc) is 2.46. The van der Waals surface area contributed by atoms with Crippen LogP contribution in [-0.4, -0.2) is 40.1 Å². The van der Waals surface area contributed by atoms with Gasteiger partial charge in [-0.25, -0.2) is 0 Å². The first-order chi connectivity index (χ1) is 10.2. The van der Waals surface area contributed by atoms with Gasteiger partial charge in [0, 0.05) is 39.8 Å². The van der Waals surface area contributed by atoms with Gasteiger partial charge >= 0.3 is 0 Å². The molecule has 0 fully saturated rings. The molecular formula is C17H29NO3. The van der Waals surface area contributed by atoms with E-state index < -0.39 is 0 Å². The monoisotopic (exact) mass is 295 g/mol. The van der Waals surface area contributed by atoms with Gasteiger partial charge in [-0.05, 0) is 37.5 Å². The Morgan fingerprint density at radius 2 is 1.76 bits per heavy atom. The third-order valence-corrected chi connectivity index (χ3v) is 3.22. The van der Waals surface area contributed by atoms with Crippen LogP contribution in [0.15, 0.2) is 12.1 Å². The topological polar surface area (TPSA) is 39.7 Å². The van der Waals surface area contributed by atoms with E-state index in [-0.39, 0.29) is 0 Å². The predicted molar refractivity (Wildman–Crippen MR) is 86.1 cm³/mol. The molecule has 0 heterocycles. The Kier molecular flexibility index (Phi) is 9.06. The highest BCUT2D eigenvalue weighted by Gasteiger charge is 2.06. The summed E-state index contributed by atoms with van der Waals surface area (Å²) in [6.07, 6.45) is 0.924. The molecule has 0 aromatic heterocycles. The molecule has 1 aromatic rings. The van der Waals surface area contributed by atoms with E-state index in [0.717, 1.165) is 45.1 Å². The van der Waals surface area contributed by atoms with Gasteiger partial charge in [0.1, 0.15) is 5.75 Å². The summed E-state index contributed by atoms with van der Waals surface area (Å²) in [4.78, 5) is 0. The summed E-state index contributed by atoms with van der Waals surface area (Å²) in [7, 11) is 1.72. The second-order valence-electron chi connectivity index (χ2n) is 5.13. The van der Waals surface area contributed by atoms with Crippen molar-refractivity contribution >= 4 is 0 Å². The smallest absolute Gasteiger partial charge is 0.125 e. The lowest BCUT2D eigenvalue weighted by Crippen LogP contribution is -2.18. The molecule has 0 aliphatic rings. The minimum Gasteiger partial charge on any atom is -0.493 e. The number of hydrogen-bond acceptors (Lipinski definition) is 4. The first-order valence-electron chi connectivity index (χ1n) is 7.69. The SMILES string of the molecule is CCOCCCOc1c(C)cc(CNCCOC)cc1C. The molecule has 0 saturated carbocycles. The number of aryl methyl sites for hydroxylation is 2. The lowest BCUT2D eigenvalue weighted by Gasteiger charge is -2.14. The Labute approximate surface area is 128 Å². The Balaban J connectivity index is 2.46. The summed E-state index contributed by atoms with van der Waals surface area (Å²) >= 11 is 0. The van der Waals surface area contributed by atoms with Gasteiger partial charge in [0.15, 0.2) is 0 Å². The zero-order chi connectivity index (χ0) is 15.5. The molecule has 0 radical (unpaired) electrons. The molecule has 1 aromatic carbocycles. The zero-order valence-corrected chi connectivity index (χ0v) is 13.8. The van der Waals surface area contributed by atoms with Crippen molar-refractivity contribution in [2.24, 2.45) is 0 Å². The van der Waals surface area contributed by atoms with Gasteiger partial charge in [-0.1, -0.05) is 12.1 Å². The van der Waals surface area contributed by atoms with Gasteiger partial charge in [0.2, 0.25) is 0 Å². The van der Waals surface area contributed by atoms with Crippen LogP contribution in [0.4, 0.5) is 0 Å². The van der Waals surface area contributed by atoms with Crippen LogP contribution < -0.4 is 10.1 Å². The lowest BCUT2D eigenvalue weighted by molar-refractivity contribution is 0.130. The van der Waals surface area contributed by atoms with Crippen molar-refractivity contribution in [1.29, 1.82) is 0 Å². The molecule has 0 aliphatic carbocycles. The largest absolute Gasteiger partial charge is 0.493 e. The van der Waals surface area contributed by atoms with E-state index in [0.29, 0.717) is 6.61 Å². The fourth-order valence-electron chi connectivity index (χ4n) is 2.26. The van der Waals surface area contributed by atoms with Crippen LogP contribution >= 0.6 is 0 Å². The standard InChI is InChI=1S/C17H29NO3/c1-5-20-8-6-9-21-17-14(2)11-16(12-15(17)3)13-18-7-10-19-4/h11-12,18H,5-10,13H2,1-4H3. The van der Waals surface area contributed by atoms with Crippen LogP contribution in [0.1, 0.15) is 30.0 Å². The number of benzene rings is 1. The molecule has 0 unspecified atom stereocenters. The van der Waals surface area contributed by atoms with E-state index in [2.05, 4.69) is 31.3 Å². The molecule has 21 heavy (non-hydrogen) atoms. The molecule has 0 atom stereocenters. The van der Waals surface area contributed by atoms with E-state index >= 15 is 0 Å². The molecule has 4 nitrogen and oxygen atoms in total. The Hall–Kier alpha value is -1.10. The Bertz CT molecular complexity index is 384. The summed E-state index contributed by atoms with van der Waals surface area (Å²) in [6.45, 7) is 10.9. The molecule has 1 N–H and O–H groups in total. The van der Waals surface area contributed by atoms with E-state index in [1.807, 2.05) is 6.92 Å². The highest BCUT2D eigenvalue weighted by molar-refractivity contribution is 5.43. The van der Waals surface area contributed by atoms with E-state index in [4.69, 9.17) is 14.2 Å². The molecular weight excluding hydrogens is 266 g/mol. The van der Waals surface area contributed by atoms with Crippen LogP contribution in [0.25, 0.3) is 0 Å². The number of hydrogen-bond donors (Lipinski definition) is 1. The normalized spacial score (nSPS) is 10.9. The minimum absolute atomic E-state index is 0.702. The second kappa shape index (κ2) is 10.6. The van der Waals surface area contributed by atoms with Crippen molar-refractivity contribution < 1.29 is 14.2 Å². The second-order valence-corrected chi connectivity index (χ2v) is 5.13. The highest BCUT2D eigenvalue weighted by atomic mass is 16.5. The first kappa shape index (κ1) is 18.0. The predicted octanol–water partition coefficient (Wildman–Crippen LogP) is 2.84. The molecule has 1 rings (SSSR count). The first-order valence-corrected chi connectivity index (χ1v) is 7.69. The molecule has 0 saturated heterocycles. The van der Waals surface area contributed by atoms with Crippen molar-refractivity contribution in [3.63, 3.8) is 0 Å². The summed E-state index contributed by atoms with van der Waals surface area (Å²) < 4.78 is 16.2. The van der Waals surface area contributed by atoms with Crippen molar-refractivity contribution in [2.45, 2.75) is 33.7 Å². The van der Waals surface area contributed by atoms with Gasteiger partial charge in [0.25, 0.3) is 0 Å². The molecule has 0 bridgehead atoms. The van der Waals surface area contributed by atoms with Crippen LogP contribution in [0.2, 0.25) is 0 Å². The summed E-state index contributed by atoms with van der Waals surface area (Å²) in [5.41, 5.74) is 3.66. The van der Waals surface area contributed by atoms with Crippen LogP contribution in [0.3, 0.4) is 0 Å². The third-order valence-electron chi connectivity index (χ3n) is 3.22. The lowest BCUT2D eigenvalue weighted by atomic mass is 10.1. The van der Waals surface area contributed by atoms with Crippen molar-refractivity contribution in [2.75, 3.05) is 40.1 Å². The van der Waals surface area contributed by atoms with Gasteiger partial charge in [-0.15, -0.1) is 0 Å². The minimum atomic E-state index is 0.702. The van der Waals surface area contributed by atoms with E-state index in [9.17, 15) is 0 Å². The fourth-order valence-corrected chi connectivity index (χ4v) is 2.26.